The monoisotopic (exact) mass is 1150 g/mol. The minimum atomic E-state index is -0.952. The number of aromatic carboxylic acids is 1. The lowest BCUT2D eigenvalue weighted by Crippen LogP contribution is -2.21. The number of nitro groups is 2. The molecule has 0 aliphatic rings. The predicted octanol–water partition coefficient (Wildman–Crippen LogP) is 9.52. The first-order valence-corrected chi connectivity index (χ1v) is 25.7. The maximum Gasteiger partial charge on any atom is 0.335 e. The van der Waals surface area contributed by atoms with Crippen molar-refractivity contribution in [2.45, 2.75) is 87.9 Å². The molecule has 0 aliphatic heterocycles. The number of carboxylic acid groups (broad SMARTS) is 1. The molecule has 24 heteroatoms. The summed E-state index contributed by atoms with van der Waals surface area (Å²) in [5, 5.41) is 48.2. The number of nitrogens with zero attached hydrogens (tertiary/aromatic N) is 4. The van der Waals surface area contributed by atoms with E-state index in [1.54, 1.807) is 78.9 Å². The van der Waals surface area contributed by atoms with Gasteiger partial charge >= 0.3 is 5.97 Å². The summed E-state index contributed by atoms with van der Waals surface area (Å²) in [6, 6.07) is 40.8. The fourth-order valence-electron chi connectivity index (χ4n) is 7.17. The number of para-hydroxylation sites is 4. The number of carbonyl (C=O) groups is 5. The van der Waals surface area contributed by atoms with E-state index in [9.17, 15) is 44.2 Å². The minimum Gasteiger partial charge on any atom is -0.489 e. The van der Waals surface area contributed by atoms with Gasteiger partial charge in [0.2, 0.25) is 17.7 Å². The number of aryl methyl sites for hydroxylation is 4. The molecule has 0 radical (unpaired) electrons. The van der Waals surface area contributed by atoms with Gasteiger partial charge in [-0.15, -0.1) is 0 Å². The van der Waals surface area contributed by atoms with Crippen LogP contribution in [0.3, 0.4) is 0 Å². The van der Waals surface area contributed by atoms with Crippen LogP contribution in [0.5, 0.6) is 11.5 Å². The van der Waals surface area contributed by atoms with Crippen molar-refractivity contribution in [3.63, 3.8) is 0 Å². The van der Waals surface area contributed by atoms with Crippen LogP contribution in [0, 0.1) is 47.9 Å². The fraction of sp³-hybridized carbons (Fsp3) is 0.217. The van der Waals surface area contributed by atoms with Gasteiger partial charge in [-0.2, -0.15) is 0 Å². The Morgan fingerprint density at radius 1 is 0.536 bits per heavy atom. The maximum atomic E-state index is 12.6. The number of nitrogens with one attached hydrogen (secondary N) is 4. The highest BCUT2D eigenvalue weighted by Crippen LogP contribution is 2.22. The molecule has 2 aromatic heterocycles. The van der Waals surface area contributed by atoms with Gasteiger partial charge in [0.1, 0.15) is 36.2 Å². The Bertz CT molecular complexity index is 3450. The number of carboxylic acids is 1. The van der Waals surface area contributed by atoms with Crippen LogP contribution in [0.1, 0.15) is 97.8 Å². The predicted molar refractivity (Wildman–Crippen MR) is 312 cm³/mol. The Kier molecular flexibility index (Phi) is 26.4. The van der Waals surface area contributed by atoms with Crippen molar-refractivity contribution in [1.29, 1.82) is 0 Å². The average Bonchev–Trinajstić information content (AvgIpc) is 4.02. The quantitative estimate of drug-likeness (QED) is 0.0239. The number of amides is 4. The van der Waals surface area contributed by atoms with Crippen LogP contribution in [0.4, 0.5) is 22.7 Å². The van der Waals surface area contributed by atoms with E-state index in [1.165, 1.54) is 45.0 Å². The number of anilines is 2. The number of hydrogen-bond acceptors (Lipinski definition) is 17. The largest absolute Gasteiger partial charge is 0.489 e. The van der Waals surface area contributed by atoms with Gasteiger partial charge in [0.05, 0.1) is 37.9 Å². The molecule has 0 fully saturated rings. The van der Waals surface area contributed by atoms with Crippen LogP contribution in [-0.2, 0) is 53.8 Å². The van der Waals surface area contributed by atoms with Gasteiger partial charge < -0.3 is 56.4 Å². The highest BCUT2D eigenvalue weighted by molar-refractivity contribution is 6.04. The summed E-state index contributed by atoms with van der Waals surface area (Å²) in [6.07, 6.45) is 0. The summed E-state index contributed by atoms with van der Waals surface area (Å²) >= 11 is 0. The third kappa shape index (κ3) is 22.1. The van der Waals surface area contributed by atoms with E-state index in [0.717, 1.165) is 45.2 Å². The zero-order chi connectivity index (χ0) is 61.7. The van der Waals surface area contributed by atoms with Crippen LogP contribution in [0.2, 0.25) is 0 Å². The van der Waals surface area contributed by atoms with Gasteiger partial charge in [-0.05, 0) is 99.5 Å². The first-order valence-electron chi connectivity index (χ1n) is 25.7. The minimum absolute atomic E-state index is 0.0289. The van der Waals surface area contributed by atoms with Crippen molar-refractivity contribution in [3.05, 3.63) is 233 Å². The van der Waals surface area contributed by atoms with Gasteiger partial charge in [-0.1, -0.05) is 83.1 Å². The molecule has 0 unspecified atom stereocenters. The first kappa shape index (κ1) is 65.8. The molecule has 8 rings (SSSR count). The topological polar surface area (TPSA) is 363 Å². The second kappa shape index (κ2) is 33.7. The number of aromatic nitrogens is 2. The molecule has 2 heterocycles. The number of ether oxygens (including phenoxy) is 2. The summed E-state index contributed by atoms with van der Waals surface area (Å²) in [5.74, 6) is 1.16. The molecule has 0 spiro atoms. The van der Waals surface area contributed by atoms with Gasteiger partial charge in [-0.3, -0.25) is 39.4 Å². The molecule has 24 nitrogen and oxygen atoms in total. The Hall–Kier alpha value is -10.8. The Balaban J connectivity index is 0.000000238. The molecule has 0 aliphatic carbocycles. The zero-order valence-corrected chi connectivity index (χ0v) is 47.3. The Morgan fingerprint density at radius 3 is 1.32 bits per heavy atom. The summed E-state index contributed by atoms with van der Waals surface area (Å²) < 4.78 is 21.5. The van der Waals surface area contributed by atoms with Crippen molar-refractivity contribution in [3.8, 4) is 11.5 Å². The lowest BCUT2D eigenvalue weighted by Gasteiger charge is -2.12. The second-order valence-electron chi connectivity index (χ2n) is 18.1. The molecule has 0 atom stereocenters. The van der Waals surface area contributed by atoms with E-state index >= 15 is 0 Å². The molecule has 440 valence electrons. The van der Waals surface area contributed by atoms with Crippen molar-refractivity contribution in [1.82, 2.24) is 26.3 Å². The van der Waals surface area contributed by atoms with Crippen LogP contribution < -0.4 is 42.2 Å². The number of carbonyl (C=O) groups excluding carboxylic acids is 4. The molecule has 0 saturated carbocycles. The molecule has 4 amide bonds. The van der Waals surface area contributed by atoms with E-state index in [4.69, 9.17) is 35.1 Å². The molecule has 6 aromatic carbocycles. The van der Waals surface area contributed by atoms with Gasteiger partial charge in [0.15, 0.2) is 0 Å². The summed E-state index contributed by atoms with van der Waals surface area (Å²) in [7, 11) is 0. The van der Waals surface area contributed by atoms with Gasteiger partial charge in [0, 0.05) is 87.1 Å². The fourth-order valence-corrected chi connectivity index (χ4v) is 7.17. The first-order chi connectivity index (χ1) is 40.1. The summed E-state index contributed by atoms with van der Waals surface area (Å²) in [5.41, 5.74) is 19.5. The number of benzene rings is 6. The third-order valence-corrected chi connectivity index (χ3v) is 11.8. The van der Waals surface area contributed by atoms with Crippen LogP contribution in [0.25, 0.3) is 0 Å². The lowest BCUT2D eigenvalue weighted by atomic mass is 10.1. The highest BCUT2D eigenvalue weighted by Gasteiger charge is 2.15. The van der Waals surface area contributed by atoms with Crippen LogP contribution in [-0.4, -0.2) is 54.9 Å². The van der Waals surface area contributed by atoms with E-state index < -0.39 is 15.8 Å². The number of hydrogen-bond donors (Lipinski definition) is 7. The number of nitro benzene ring substituents is 2. The average molecular weight is 1150 g/mol. The molecule has 0 bridgehead atoms. The molecule has 8 aromatic rings. The second-order valence-corrected chi connectivity index (χ2v) is 18.1. The van der Waals surface area contributed by atoms with Gasteiger partial charge in [-0.25, -0.2) is 4.79 Å². The third-order valence-electron chi connectivity index (χ3n) is 11.8. The zero-order valence-electron chi connectivity index (χ0n) is 47.3. The molecule has 9 N–H and O–H groups in total. The molecule has 84 heavy (non-hydrogen) atoms. The van der Waals surface area contributed by atoms with E-state index in [2.05, 4.69) is 31.6 Å². The number of rotatable bonds is 18. The molecular formula is C60H66N10O14. The normalized spacial score (nSPS) is 10.0. The molecule has 0 saturated heterocycles. The van der Waals surface area contributed by atoms with E-state index in [1.807, 2.05) is 70.2 Å². The van der Waals surface area contributed by atoms with Crippen molar-refractivity contribution >= 4 is 52.3 Å². The number of nitrogen functional groups attached to an aromatic ring is 1. The van der Waals surface area contributed by atoms with Crippen molar-refractivity contribution in [2.24, 2.45) is 5.73 Å². The summed E-state index contributed by atoms with van der Waals surface area (Å²) in [4.78, 5) is 75.6. The van der Waals surface area contributed by atoms with Crippen LogP contribution >= 0.6 is 0 Å². The van der Waals surface area contributed by atoms with Gasteiger partial charge in [0.25, 0.3) is 17.3 Å². The maximum absolute atomic E-state index is 12.6. The van der Waals surface area contributed by atoms with E-state index in [-0.39, 0.29) is 53.7 Å². The highest BCUT2D eigenvalue weighted by atomic mass is 16.6. The van der Waals surface area contributed by atoms with Crippen molar-refractivity contribution in [2.75, 3.05) is 11.1 Å². The van der Waals surface area contributed by atoms with Crippen molar-refractivity contribution < 1.29 is 57.4 Å². The van der Waals surface area contributed by atoms with E-state index in [0.29, 0.717) is 65.9 Å². The SMILES string of the molecule is CC(=O)NCc1ccccc1N.CC(=O)NCc1ccccc1NC(=O)c1ccc(OCc2c(C)noc2C)cc1.CC(=O)NCc1ccccc1[N+](=O)[O-].Cc1noc(C)c1COc1ccc(C(=O)O)cc1.NCc1ccccc1[N+](=O)[O-]. The molecular weight excluding hydrogens is 1080 g/mol. The summed E-state index contributed by atoms with van der Waals surface area (Å²) in [6.45, 7) is 13.6. The Labute approximate surface area is 483 Å². The standard InChI is InChI=1S/C22H23N3O4.C13H13NO4.C9H10N2O3.C9H12N2O.C7H8N2O2/c1-14-20(15(2)29-25-14)13-28-19-10-8-17(9-11-19)22(27)24-21-7-5-4-6-18(21)12-23-16(3)26;1-8-12(9(2)18-14-8)7-17-11-5-3-10(4-6-11)13(15)16;1-7(12)10-6-8-4-2-3-5-9(8)11(13)14;1-7(12)11-6-8-4-2-3-5-9(8)10;8-5-6-3-1-2-4-7(6)9(10)11/h4-11H,12-13H2,1-3H3,(H,23,26)(H,24,27);3-6H,7H2,1-2H3,(H,15,16);2-5H,6H2,1H3,(H,10,12);2-5H,6,10H2,1H3,(H,11,12);1-4H,5,8H2. The van der Waals surface area contributed by atoms with Crippen LogP contribution in [0.15, 0.2) is 155 Å². The smallest absolute Gasteiger partial charge is 0.335 e. The number of nitrogens with two attached hydrogens (primary N) is 2. The lowest BCUT2D eigenvalue weighted by molar-refractivity contribution is -0.385. The Morgan fingerprint density at radius 2 is 0.917 bits per heavy atom.